The molecule has 0 amide bonds. The van der Waals surface area contributed by atoms with Crippen LogP contribution in [-0.4, -0.2) is 24.0 Å². The van der Waals surface area contributed by atoms with Gasteiger partial charge < -0.3 is 4.74 Å². The first-order valence-corrected chi connectivity index (χ1v) is 6.78. The Hall–Kier alpha value is -2.31. The molecule has 7 nitrogen and oxygen atoms in total. The Morgan fingerprint density at radius 2 is 2.14 bits per heavy atom. The fraction of sp³-hybridized carbons (Fsp3) is 0.500. The average Bonchev–Trinajstić information content (AvgIpc) is 2.46. The second-order valence-corrected chi connectivity index (χ2v) is 4.52. The van der Waals surface area contributed by atoms with Gasteiger partial charge in [-0.2, -0.15) is 4.91 Å². The van der Waals surface area contributed by atoms with Crippen molar-refractivity contribution in [1.29, 1.82) is 0 Å². The van der Waals surface area contributed by atoms with Crippen molar-refractivity contribution in [3.63, 3.8) is 0 Å². The SMILES string of the molecule is CCOC(=O)CCCC(CN=O)c1ccccc1[N+](=O)[O-]. The minimum Gasteiger partial charge on any atom is -0.466 e. The molecule has 0 heterocycles. The third-order valence-electron chi connectivity index (χ3n) is 3.11. The van der Waals surface area contributed by atoms with E-state index in [1.807, 2.05) is 0 Å². The van der Waals surface area contributed by atoms with E-state index in [1.54, 1.807) is 25.1 Å². The van der Waals surface area contributed by atoms with Crippen LogP contribution in [-0.2, 0) is 9.53 Å². The summed E-state index contributed by atoms with van der Waals surface area (Å²) in [4.78, 5) is 32.4. The van der Waals surface area contributed by atoms with Gasteiger partial charge in [0.1, 0.15) is 0 Å². The molecule has 114 valence electrons. The smallest absolute Gasteiger partial charge is 0.305 e. The van der Waals surface area contributed by atoms with Crippen LogP contribution in [0.5, 0.6) is 0 Å². The van der Waals surface area contributed by atoms with Crippen LogP contribution < -0.4 is 0 Å². The van der Waals surface area contributed by atoms with Crippen LogP contribution >= 0.6 is 0 Å². The summed E-state index contributed by atoms with van der Waals surface area (Å²) < 4.78 is 4.82. The molecule has 0 aliphatic heterocycles. The van der Waals surface area contributed by atoms with E-state index >= 15 is 0 Å². The number of hydrogen-bond acceptors (Lipinski definition) is 6. The van der Waals surface area contributed by atoms with Gasteiger partial charge in [0, 0.05) is 24.0 Å². The lowest BCUT2D eigenvalue weighted by Crippen LogP contribution is -2.09. The van der Waals surface area contributed by atoms with E-state index in [0.29, 0.717) is 25.0 Å². The van der Waals surface area contributed by atoms with Gasteiger partial charge in [0.2, 0.25) is 0 Å². The Morgan fingerprint density at radius 3 is 2.76 bits per heavy atom. The van der Waals surface area contributed by atoms with Crippen LogP contribution in [0.25, 0.3) is 0 Å². The second-order valence-electron chi connectivity index (χ2n) is 4.52. The summed E-state index contributed by atoms with van der Waals surface area (Å²) in [5.41, 5.74) is 0.452. The first-order chi connectivity index (χ1) is 10.1. The molecule has 1 aromatic rings. The van der Waals surface area contributed by atoms with Crippen molar-refractivity contribution < 1.29 is 14.5 Å². The lowest BCUT2D eigenvalue weighted by atomic mass is 9.92. The van der Waals surface area contributed by atoms with Gasteiger partial charge in [-0.3, -0.25) is 14.9 Å². The van der Waals surface area contributed by atoms with E-state index in [1.165, 1.54) is 6.07 Å². The largest absolute Gasteiger partial charge is 0.466 e. The van der Waals surface area contributed by atoms with Crippen molar-refractivity contribution in [2.24, 2.45) is 5.18 Å². The van der Waals surface area contributed by atoms with E-state index in [4.69, 9.17) is 4.74 Å². The number of para-hydroxylation sites is 1. The van der Waals surface area contributed by atoms with Gasteiger partial charge in [0.05, 0.1) is 18.1 Å². The zero-order valence-electron chi connectivity index (χ0n) is 11.9. The van der Waals surface area contributed by atoms with Crippen molar-refractivity contribution in [3.8, 4) is 0 Å². The van der Waals surface area contributed by atoms with Gasteiger partial charge >= 0.3 is 5.97 Å². The number of carbonyl (C=O) groups is 1. The molecule has 1 aromatic carbocycles. The number of hydrogen-bond donors (Lipinski definition) is 0. The van der Waals surface area contributed by atoms with E-state index in [0.717, 1.165) is 0 Å². The first kappa shape index (κ1) is 16.7. The molecule has 0 saturated heterocycles. The van der Waals surface area contributed by atoms with Crippen molar-refractivity contribution >= 4 is 11.7 Å². The summed E-state index contributed by atoms with van der Waals surface area (Å²) in [5.74, 6) is -0.670. The third kappa shape index (κ3) is 5.29. The highest BCUT2D eigenvalue weighted by atomic mass is 16.6. The number of nitro groups is 1. The van der Waals surface area contributed by atoms with Crippen molar-refractivity contribution in [2.45, 2.75) is 32.1 Å². The Kier molecular flexibility index (Phi) is 7.00. The molecule has 1 atom stereocenters. The van der Waals surface area contributed by atoms with E-state index < -0.39 is 4.92 Å². The minimum absolute atomic E-state index is 0.0257. The third-order valence-corrected chi connectivity index (χ3v) is 3.11. The van der Waals surface area contributed by atoms with Crippen LogP contribution in [0.15, 0.2) is 29.4 Å². The van der Waals surface area contributed by atoms with E-state index in [2.05, 4.69) is 5.18 Å². The van der Waals surface area contributed by atoms with Gasteiger partial charge in [0.25, 0.3) is 5.69 Å². The first-order valence-electron chi connectivity index (χ1n) is 6.78. The quantitative estimate of drug-likeness (QED) is 0.301. The summed E-state index contributed by atoms with van der Waals surface area (Å²) in [7, 11) is 0. The van der Waals surface area contributed by atoms with Crippen LogP contribution in [0.2, 0.25) is 0 Å². The van der Waals surface area contributed by atoms with Crippen molar-refractivity contribution in [2.75, 3.05) is 13.2 Å². The number of ether oxygens (including phenoxy) is 1. The van der Waals surface area contributed by atoms with Gasteiger partial charge in [-0.15, -0.1) is 0 Å². The van der Waals surface area contributed by atoms with Crippen LogP contribution in [0.1, 0.15) is 37.7 Å². The number of esters is 1. The molecule has 0 aliphatic rings. The molecule has 0 aliphatic carbocycles. The summed E-state index contributed by atoms with van der Waals surface area (Å²) in [5, 5.41) is 13.9. The minimum atomic E-state index is -0.474. The Bertz CT molecular complexity index is 504. The summed E-state index contributed by atoms with van der Waals surface area (Å²) in [6, 6.07) is 6.29. The fourth-order valence-corrected chi connectivity index (χ4v) is 2.16. The molecule has 1 unspecified atom stereocenters. The lowest BCUT2D eigenvalue weighted by Gasteiger charge is -2.13. The summed E-state index contributed by atoms with van der Waals surface area (Å²) in [6.45, 7) is 2.00. The highest BCUT2D eigenvalue weighted by Crippen LogP contribution is 2.30. The molecular formula is C14H18N2O5. The molecule has 0 N–H and O–H groups in total. The zero-order chi connectivity index (χ0) is 15.7. The standard InChI is InChI=1S/C14H18N2O5/c1-2-21-14(17)9-5-6-11(10-15-18)12-7-3-4-8-13(12)16(19)20/h3-4,7-8,11H,2,5-6,9-10H2,1H3. The monoisotopic (exact) mass is 294 g/mol. The molecule has 21 heavy (non-hydrogen) atoms. The maximum absolute atomic E-state index is 11.3. The van der Waals surface area contributed by atoms with Crippen LogP contribution in [0.4, 0.5) is 5.69 Å². The van der Waals surface area contributed by atoms with E-state index in [-0.39, 0.29) is 30.5 Å². The molecule has 0 aromatic heterocycles. The predicted molar refractivity (Wildman–Crippen MR) is 77.0 cm³/mol. The number of benzene rings is 1. The molecule has 0 radical (unpaired) electrons. The summed E-state index contributed by atoms with van der Waals surface area (Å²) in [6.07, 6.45) is 1.18. The summed E-state index contributed by atoms with van der Waals surface area (Å²) >= 11 is 0. The molecule has 0 fully saturated rings. The van der Waals surface area contributed by atoms with Gasteiger partial charge in [-0.25, -0.2) is 0 Å². The lowest BCUT2D eigenvalue weighted by molar-refractivity contribution is -0.385. The molecule has 7 heteroatoms. The Morgan fingerprint density at radius 1 is 1.43 bits per heavy atom. The van der Waals surface area contributed by atoms with E-state index in [9.17, 15) is 19.8 Å². The Labute approximate surface area is 122 Å². The molecule has 0 bridgehead atoms. The number of nitrogens with zero attached hydrogens (tertiary/aromatic N) is 2. The fourth-order valence-electron chi connectivity index (χ4n) is 2.16. The second kappa shape index (κ2) is 8.78. The van der Waals surface area contributed by atoms with Crippen molar-refractivity contribution in [3.05, 3.63) is 44.9 Å². The molecule has 0 spiro atoms. The Balaban J connectivity index is 2.75. The zero-order valence-corrected chi connectivity index (χ0v) is 11.9. The van der Waals surface area contributed by atoms with Gasteiger partial charge in [-0.1, -0.05) is 23.4 Å². The number of nitro benzene ring substituents is 1. The molecule has 0 saturated carbocycles. The van der Waals surface area contributed by atoms with Crippen LogP contribution in [0.3, 0.4) is 0 Å². The topological polar surface area (TPSA) is 98.9 Å². The normalized spacial score (nSPS) is 11.7. The maximum Gasteiger partial charge on any atom is 0.305 e. The van der Waals surface area contributed by atoms with Crippen molar-refractivity contribution in [1.82, 2.24) is 0 Å². The highest BCUT2D eigenvalue weighted by Gasteiger charge is 2.22. The number of rotatable bonds is 9. The highest BCUT2D eigenvalue weighted by molar-refractivity contribution is 5.69. The maximum atomic E-state index is 11.3. The van der Waals surface area contributed by atoms with Gasteiger partial charge in [-0.05, 0) is 19.8 Å². The number of carbonyl (C=O) groups excluding carboxylic acids is 1. The average molecular weight is 294 g/mol. The molecule has 1 rings (SSSR count). The predicted octanol–water partition coefficient (Wildman–Crippen LogP) is 3.18. The van der Waals surface area contributed by atoms with Gasteiger partial charge in [0.15, 0.2) is 0 Å². The van der Waals surface area contributed by atoms with Crippen LogP contribution in [0, 0.1) is 15.0 Å². The molecular weight excluding hydrogens is 276 g/mol. The number of nitroso groups, excluding NO2 is 1.